The van der Waals surface area contributed by atoms with Crippen LogP contribution in [0.15, 0.2) is 0 Å². The fourth-order valence-electron chi connectivity index (χ4n) is 0.962. The van der Waals surface area contributed by atoms with Crippen LogP contribution in [0.1, 0.15) is 22.3 Å². The molecule has 5 nitrogen and oxygen atoms in total. The van der Waals surface area contributed by atoms with Gasteiger partial charge in [0, 0.05) is 12.6 Å². The van der Waals surface area contributed by atoms with E-state index in [1.165, 1.54) is 11.3 Å². The Labute approximate surface area is 86.5 Å². The number of nitrogens with zero attached hydrogens (tertiary/aromatic N) is 1. The van der Waals surface area contributed by atoms with Crippen molar-refractivity contribution < 1.29 is 4.79 Å². The van der Waals surface area contributed by atoms with Crippen molar-refractivity contribution in [2.75, 3.05) is 12.3 Å². The van der Waals surface area contributed by atoms with Gasteiger partial charge in [-0.15, -0.1) is 0 Å². The summed E-state index contributed by atoms with van der Waals surface area (Å²) in [6, 6.07) is -0.0514. The van der Waals surface area contributed by atoms with Crippen LogP contribution in [0.4, 0.5) is 5.13 Å². The van der Waals surface area contributed by atoms with Crippen molar-refractivity contribution >= 4 is 22.4 Å². The van der Waals surface area contributed by atoms with Gasteiger partial charge in [-0.1, -0.05) is 11.3 Å². The van der Waals surface area contributed by atoms with Crippen molar-refractivity contribution in [3.05, 3.63) is 10.6 Å². The van der Waals surface area contributed by atoms with Crippen LogP contribution in [-0.4, -0.2) is 23.5 Å². The van der Waals surface area contributed by atoms with E-state index < -0.39 is 0 Å². The SMILES string of the molecule is Cc1nc(N)sc1C(=O)NCC(C)N. The van der Waals surface area contributed by atoms with E-state index in [4.69, 9.17) is 11.5 Å². The number of nitrogens with two attached hydrogens (primary N) is 2. The highest BCUT2D eigenvalue weighted by atomic mass is 32.1. The molecule has 0 saturated heterocycles. The first-order valence-corrected chi connectivity index (χ1v) is 5.09. The maximum absolute atomic E-state index is 11.5. The Balaban J connectivity index is 2.65. The van der Waals surface area contributed by atoms with E-state index in [2.05, 4.69) is 10.3 Å². The second-order valence-corrected chi connectivity index (χ2v) is 4.18. The standard InChI is InChI=1S/C8H14N4OS/c1-4(9)3-11-7(13)6-5(2)12-8(10)14-6/h4H,3,9H2,1-2H3,(H2,10,12)(H,11,13). The van der Waals surface area contributed by atoms with Crippen LogP contribution in [0.5, 0.6) is 0 Å². The third-order valence-corrected chi connectivity index (χ3v) is 2.59. The Morgan fingerprint density at radius 1 is 1.71 bits per heavy atom. The molecule has 1 rings (SSSR count). The Morgan fingerprint density at radius 2 is 2.36 bits per heavy atom. The first kappa shape index (κ1) is 10.9. The highest BCUT2D eigenvalue weighted by Crippen LogP contribution is 2.18. The number of hydrogen-bond donors (Lipinski definition) is 3. The van der Waals surface area contributed by atoms with Crippen molar-refractivity contribution in [3.8, 4) is 0 Å². The Bertz CT molecular complexity index is 334. The number of rotatable bonds is 3. The Kier molecular flexibility index (Phi) is 3.43. The number of carbonyl (C=O) groups excluding carboxylic acids is 1. The molecule has 0 aromatic carbocycles. The molecule has 0 aliphatic heterocycles. The number of aryl methyl sites for hydroxylation is 1. The fraction of sp³-hybridized carbons (Fsp3) is 0.500. The third kappa shape index (κ3) is 2.68. The minimum Gasteiger partial charge on any atom is -0.375 e. The summed E-state index contributed by atoms with van der Waals surface area (Å²) in [7, 11) is 0. The highest BCUT2D eigenvalue weighted by Gasteiger charge is 2.13. The minimum atomic E-state index is -0.158. The number of carbonyl (C=O) groups is 1. The number of nitrogens with one attached hydrogen (secondary N) is 1. The van der Waals surface area contributed by atoms with E-state index in [1.54, 1.807) is 6.92 Å². The molecule has 0 fully saturated rings. The molecular weight excluding hydrogens is 200 g/mol. The van der Waals surface area contributed by atoms with Crippen LogP contribution < -0.4 is 16.8 Å². The molecule has 0 bridgehead atoms. The van der Waals surface area contributed by atoms with Crippen molar-refractivity contribution in [2.24, 2.45) is 5.73 Å². The van der Waals surface area contributed by atoms with Crippen LogP contribution in [0.25, 0.3) is 0 Å². The smallest absolute Gasteiger partial charge is 0.263 e. The Morgan fingerprint density at radius 3 is 2.79 bits per heavy atom. The lowest BCUT2D eigenvalue weighted by molar-refractivity contribution is 0.0955. The topological polar surface area (TPSA) is 94.0 Å². The van der Waals surface area contributed by atoms with Crippen molar-refractivity contribution in [3.63, 3.8) is 0 Å². The van der Waals surface area contributed by atoms with Gasteiger partial charge in [0.25, 0.3) is 5.91 Å². The molecule has 14 heavy (non-hydrogen) atoms. The van der Waals surface area contributed by atoms with Gasteiger partial charge >= 0.3 is 0 Å². The van der Waals surface area contributed by atoms with Gasteiger partial charge in [0.1, 0.15) is 4.88 Å². The van der Waals surface area contributed by atoms with Gasteiger partial charge in [0.2, 0.25) is 0 Å². The first-order chi connectivity index (χ1) is 6.50. The Hall–Kier alpha value is -1.14. The molecule has 1 aromatic heterocycles. The third-order valence-electron chi connectivity index (χ3n) is 1.60. The van der Waals surface area contributed by atoms with E-state index in [-0.39, 0.29) is 11.9 Å². The zero-order valence-electron chi connectivity index (χ0n) is 8.20. The number of aromatic nitrogens is 1. The van der Waals surface area contributed by atoms with Gasteiger partial charge in [-0.25, -0.2) is 4.98 Å². The van der Waals surface area contributed by atoms with E-state index >= 15 is 0 Å². The molecule has 0 radical (unpaired) electrons. The lowest BCUT2D eigenvalue weighted by Gasteiger charge is -2.06. The molecule has 6 heteroatoms. The van der Waals surface area contributed by atoms with Gasteiger partial charge in [-0.2, -0.15) is 0 Å². The molecule has 0 spiro atoms. The lowest BCUT2D eigenvalue weighted by atomic mass is 10.3. The second kappa shape index (κ2) is 4.39. The van der Waals surface area contributed by atoms with Crippen molar-refractivity contribution in [1.29, 1.82) is 0 Å². The number of anilines is 1. The summed E-state index contributed by atoms with van der Waals surface area (Å²) in [5.41, 5.74) is 11.6. The number of hydrogen-bond acceptors (Lipinski definition) is 5. The minimum absolute atomic E-state index is 0.0514. The quantitative estimate of drug-likeness (QED) is 0.665. The van der Waals surface area contributed by atoms with Gasteiger partial charge in [0.05, 0.1) is 5.69 Å². The van der Waals surface area contributed by atoms with Crippen LogP contribution in [0, 0.1) is 6.92 Å². The zero-order chi connectivity index (χ0) is 10.7. The lowest BCUT2D eigenvalue weighted by Crippen LogP contribution is -2.35. The second-order valence-electron chi connectivity index (χ2n) is 3.15. The van der Waals surface area contributed by atoms with Crippen molar-refractivity contribution in [1.82, 2.24) is 10.3 Å². The van der Waals surface area contributed by atoms with Crippen LogP contribution in [-0.2, 0) is 0 Å². The molecule has 78 valence electrons. The maximum Gasteiger partial charge on any atom is 0.263 e. The zero-order valence-corrected chi connectivity index (χ0v) is 9.02. The summed E-state index contributed by atoms with van der Waals surface area (Å²) in [4.78, 5) is 16.1. The average molecular weight is 214 g/mol. The van der Waals surface area contributed by atoms with Gasteiger partial charge in [0.15, 0.2) is 5.13 Å². The molecule has 0 saturated carbocycles. The molecule has 0 aliphatic carbocycles. The number of thiazole rings is 1. The largest absolute Gasteiger partial charge is 0.375 e. The molecule has 1 amide bonds. The number of nitrogen functional groups attached to an aromatic ring is 1. The van der Waals surface area contributed by atoms with Crippen LogP contribution in [0.2, 0.25) is 0 Å². The average Bonchev–Trinajstić information content (AvgIpc) is 2.41. The monoisotopic (exact) mass is 214 g/mol. The van der Waals surface area contributed by atoms with Gasteiger partial charge in [-0.05, 0) is 13.8 Å². The first-order valence-electron chi connectivity index (χ1n) is 4.27. The van der Waals surface area contributed by atoms with E-state index in [1.807, 2.05) is 6.92 Å². The van der Waals surface area contributed by atoms with E-state index in [0.717, 1.165) is 0 Å². The summed E-state index contributed by atoms with van der Waals surface area (Å²) < 4.78 is 0. The summed E-state index contributed by atoms with van der Waals surface area (Å²) in [6.45, 7) is 4.04. The number of amides is 1. The van der Waals surface area contributed by atoms with Crippen LogP contribution >= 0.6 is 11.3 Å². The maximum atomic E-state index is 11.5. The summed E-state index contributed by atoms with van der Waals surface area (Å²) in [5, 5.41) is 3.11. The van der Waals surface area contributed by atoms with Crippen LogP contribution in [0.3, 0.4) is 0 Å². The molecule has 1 unspecified atom stereocenters. The summed E-state index contributed by atoms with van der Waals surface area (Å²) >= 11 is 1.19. The molecule has 0 aliphatic rings. The molecule has 5 N–H and O–H groups in total. The normalized spacial score (nSPS) is 12.5. The van der Waals surface area contributed by atoms with Gasteiger partial charge in [-0.3, -0.25) is 4.79 Å². The highest BCUT2D eigenvalue weighted by molar-refractivity contribution is 7.17. The molecule has 1 heterocycles. The molecular formula is C8H14N4OS. The predicted molar refractivity (Wildman–Crippen MR) is 57.2 cm³/mol. The summed E-state index contributed by atoms with van der Waals surface area (Å²) in [6.07, 6.45) is 0. The van der Waals surface area contributed by atoms with Gasteiger partial charge < -0.3 is 16.8 Å². The molecule has 1 aromatic rings. The van der Waals surface area contributed by atoms with Crippen molar-refractivity contribution in [2.45, 2.75) is 19.9 Å². The summed E-state index contributed by atoms with van der Waals surface area (Å²) in [5.74, 6) is -0.158. The van der Waals surface area contributed by atoms with E-state index in [0.29, 0.717) is 22.2 Å². The predicted octanol–water partition coefficient (Wildman–Crippen LogP) is 0.111. The molecule has 1 atom stereocenters. The van der Waals surface area contributed by atoms with E-state index in [9.17, 15) is 4.79 Å². The fourth-order valence-corrected chi connectivity index (χ4v) is 1.71.